The molecule has 2 unspecified atom stereocenters. The second-order valence-corrected chi connectivity index (χ2v) is 7.53. The Balaban J connectivity index is 1.53. The Kier molecular flexibility index (Phi) is 6.99. The molecule has 162 valence electrons. The molecule has 0 aromatic heterocycles. The second-order valence-electron chi connectivity index (χ2n) is 7.53. The van der Waals surface area contributed by atoms with Crippen LogP contribution in [0.3, 0.4) is 0 Å². The minimum absolute atomic E-state index is 0.0847. The molecule has 1 aliphatic heterocycles. The summed E-state index contributed by atoms with van der Waals surface area (Å²) in [6, 6.07) is 13.1. The summed E-state index contributed by atoms with van der Waals surface area (Å²) < 4.78 is 47.0. The zero-order chi connectivity index (χ0) is 21.7. The summed E-state index contributed by atoms with van der Waals surface area (Å²) in [5, 5.41) is 2.73. The molecule has 0 bridgehead atoms. The van der Waals surface area contributed by atoms with Gasteiger partial charge in [0.15, 0.2) is 6.61 Å². The van der Waals surface area contributed by atoms with Crippen molar-refractivity contribution in [2.24, 2.45) is 0 Å². The number of alkyl halides is 3. The lowest BCUT2D eigenvalue weighted by molar-refractivity contribution is -0.153. The molecule has 1 heterocycles. The van der Waals surface area contributed by atoms with E-state index in [1.165, 1.54) is 24.3 Å². The smallest absolute Gasteiger partial charge is 0.422 e. The Morgan fingerprint density at radius 3 is 2.23 bits per heavy atom. The number of hydrogen-bond acceptors (Lipinski definition) is 4. The number of morpholine rings is 1. The number of carbonyl (C=O) groups is 1. The zero-order valence-corrected chi connectivity index (χ0v) is 16.9. The summed E-state index contributed by atoms with van der Waals surface area (Å²) in [7, 11) is 0. The van der Waals surface area contributed by atoms with Crippen LogP contribution in [0.15, 0.2) is 48.5 Å². The molecule has 2 aromatic rings. The highest BCUT2D eigenvalue weighted by atomic mass is 19.4. The van der Waals surface area contributed by atoms with Gasteiger partial charge >= 0.3 is 6.18 Å². The van der Waals surface area contributed by atoms with Gasteiger partial charge in [-0.1, -0.05) is 12.1 Å². The summed E-state index contributed by atoms with van der Waals surface area (Å²) in [4.78, 5) is 14.8. The van der Waals surface area contributed by atoms with Crippen molar-refractivity contribution < 1.29 is 27.4 Å². The molecule has 1 N–H and O–H groups in total. The van der Waals surface area contributed by atoms with E-state index in [0.717, 1.165) is 25.2 Å². The highest BCUT2D eigenvalue weighted by Gasteiger charge is 2.28. The van der Waals surface area contributed by atoms with Crippen LogP contribution in [0.1, 0.15) is 29.8 Å². The second kappa shape index (κ2) is 9.49. The molecule has 3 rings (SSSR count). The molecule has 0 saturated carbocycles. The fourth-order valence-corrected chi connectivity index (χ4v) is 3.44. The van der Waals surface area contributed by atoms with Crippen LogP contribution in [-0.4, -0.2) is 48.9 Å². The van der Waals surface area contributed by atoms with Crippen molar-refractivity contribution in [2.45, 2.75) is 38.8 Å². The quantitative estimate of drug-likeness (QED) is 0.745. The van der Waals surface area contributed by atoms with E-state index in [9.17, 15) is 18.0 Å². The number of benzene rings is 2. The van der Waals surface area contributed by atoms with Crippen LogP contribution in [0.2, 0.25) is 0 Å². The monoisotopic (exact) mass is 422 g/mol. The van der Waals surface area contributed by atoms with Crippen molar-refractivity contribution in [1.29, 1.82) is 0 Å². The molecule has 30 heavy (non-hydrogen) atoms. The predicted molar refractivity (Wildman–Crippen MR) is 108 cm³/mol. The first-order valence-corrected chi connectivity index (χ1v) is 9.75. The molecule has 2 aromatic carbocycles. The largest absolute Gasteiger partial charge is 0.484 e. The number of rotatable bonds is 6. The number of anilines is 1. The lowest BCUT2D eigenvalue weighted by Gasteiger charge is -2.35. The molecule has 2 atom stereocenters. The highest BCUT2D eigenvalue weighted by molar-refractivity contribution is 6.04. The van der Waals surface area contributed by atoms with Crippen LogP contribution in [0.5, 0.6) is 5.75 Å². The van der Waals surface area contributed by atoms with E-state index in [1.54, 1.807) is 12.1 Å². The van der Waals surface area contributed by atoms with Gasteiger partial charge in [0.25, 0.3) is 5.91 Å². The number of hydrogen-bond donors (Lipinski definition) is 1. The summed E-state index contributed by atoms with van der Waals surface area (Å²) in [6.45, 7) is 5.30. The van der Waals surface area contributed by atoms with E-state index in [2.05, 4.69) is 28.8 Å². The van der Waals surface area contributed by atoms with E-state index in [0.29, 0.717) is 11.3 Å². The molecule has 0 radical (unpaired) electrons. The minimum atomic E-state index is -4.39. The molecular weight excluding hydrogens is 397 g/mol. The third-order valence-electron chi connectivity index (χ3n) is 4.63. The maximum absolute atomic E-state index is 12.4. The molecule has 1 saturated heterocycles. The fraction of sp³-hybridized carbons (Fsp3) is 0.409. The van der Waals surface area contributed by atoms with Crippen molar-refractivity contribution in [3.63, 3.8) is 0 Å². The van der Waals surface area contributed by atoms with Crippen LogP contribution in [0, 0.1) is 0 Å². The fourth-order valence-electron chi connectivity index (χ4n) is 3.44. The average molecular weight is 422 g/mol. The van der Waals surface area contributed by atoms with Gasteiger partial charge in [-0.2, -0.15) is 13.2 Å². The van der Waals surface area contributed by atoms with E-state index in [-0.39, 0.29) is 23.9 Å². The maximum Gasteiger partial charge on any atom is 0.422 e. The van der Waals surface area contributed by atoms with Gasteiger partial charge < -0.3 is 14.8 Å². The highest BCUT2D eigenvalue weighted by Crippen LogP contribution is 2.21. The minimum Gasteiger partial charge on any atom is -0.484 e. The maximum atomic E-state index is 12.4. The lowest BCUT2D eigenvalue weighted by atomic mass is 10.1. The van der Waals surface area contributed by atoms with Crippen molar-refractivity contribution in [3.05, 3.63) is 59.7 Å². The van der Waals surface area contributed by atoms with Gasteiger partial charge in [0.05, 0.1) is 12.2 Å². The molecule has 0 spiro atoms. The summed E-state index contributed by atoms with van der Waals surface area (Å²) in [5.74, 6) is -0.208. The van der Waals surface area contributed by atoms with Gasteiger partial charge in [0.2, 0.25) is 0 Å². The molecule has 5 nitrogen and oxygen atoms in total. The van der Waals surface area contributed by atoms with E-state index in [4.69, 9.17) is 4.74 Å². The molecule has 0 aliphatic carbocycles. The summed E-state index contributed by atoms with van der Waals surface area (Å²) in [5.41, 5.74) is 2.08. The van der Waals surface area contributed by atoms with Crippen molar-refractivity contribution >= 4 is 11.6 Å². The Labute approximate surface area is 173 Å². The first-order valence-electron chi connectivity index (χ1n) is 9.75. The van der Waals surface area contributed by atoms with E-state index < -0.39 is 12.8 Å². The Hall–Kier alpha value is -2.58. The number of nitrogens with one attached hydrogen (secondary N) is 1. The normalized spacial score (nSPS) is 20.0. The third-order valence-corrected chi connectivity index (χ3v) is 4.63. The van der Waals surface area contributed by atoms with E-state index in [1.807, 2.05) is 12.1 Å². The number of ether oxygens (including phenoxy) is 2. The Bertz CT molecular complexity index is 828. The van der Waals surface area contributed by atoms with Crippen LogP contribution in [-0.2, 0) is 11.3 Å². The summed E-state index contributed by atoms with van der Waals surface area (Å²) >= 11 is 0. The van der Waals surface area contributed by atoms with Gasteiger partial charge in [0.1, 0.15) is 5.75 Å². The molecule has 8 heteroatoms. The first-order chi connectivity index (χ1) is 14.2. The van der Waals surface area contributed by atoms with Crippen LogP contribution in [0.25, 0.3) is 0 Å². The van der Waals surface area contributed by atoms with Crippen molar-refractivity contribution in [1.82, 2.24) is 4.90 Å². The van der Waals surface area contributed by atoms with Gasteiger partial charge in [-0.25, -0.2) is 0 Å². The van der Waals surface area contributed by atoms with Gasteiger partial charge in [-0.3, -0.25) is 9.69 Å². The number of halogens is 3. The van der Waals surface area contributed by atoms with Crippen LogP contribution >= 0.6 is 0 Å². The van der Waals surface area contributed by atoms with E-state index >= 15 is 0 Å². The number of nitrogens with zero attached hydrogens (tertiary/aromatic N) is 1. The molecule has 1 amide bonds. The lowest BCUT2D eigenvalue weighted by Crippen LogP contribution is -2.44. The van der Waals surface area contributed by atoms with Crippen LogP contribution < -0.4 is 10.1 Å². The molecule has 1 aliphatic rings. The van der Waals surface area contributed by atoms with Gasteiger partial charge in [0, 0.05) is 30.9 Å². The van der Waals surface area contributed by atoms with Crippen molar-refractivity contribution in [3.8, 4) is 5.75 Å². The average Bonchev–Trinajstić information content (AvgIpc) is 2.66. The SMILES string of the molecule is CC1CN(Cc2ccc(C(=O)Nc3ccc(OCC(F)(F)F)cc3)cc2)CC(C)O1. The molecular formula is C22H25F3N2O3. The Morgan fingerprint density at radius 1 is 1.07 bits per heavy atom. The molecule has 1 fully saturated rings. The standard InChI is InChI=1S/C22H25F3N2O3/c1-15-11-27(12-16(2)30-15)13-17-3-5-18(6-4-17)21(28)26-19-7-9-20(10-8-19)29-14-22(23,24)25/h3-10,15-16H,11-14H2,1-2H3,(H,26,28). The van der Waals surface area contributed by atoms with Gasteiger partial charge in [-0.15, -0.1) is 0 Å². The van der Waals surface area contributed by atoms with Gasteiger partial charge in [-0.05, 0) is 55.8 Å². The number of amides is 1. The topological polar surface area (TPSA) is 50.8 Å². The predicted octanol–water partition coefficient (Wildman–Crippen LogP) is 4.49. The Morgan fingerprint density at radius 2 is 1.67 bits per heavy atom. The third kappa shape index (κ3) is 6.74. The van der Waals surface area contributed by atoms with Crippen LogP contribution in [0.4, 0.5) is 18.9 Å². The first kappa shape index (κ1) is 22.1. The number of carbonyl (C=O) groups excluding carboxylic acids is 1. The zero-order valence-electron chi connectivity index (χ0n) is 16.9. The summed E-state index contributed by atoms with van der Waals surface area (Å²) in [6.07, 6.45) is -4.00. The van der Waals surface area contributed by atoms with Crippen molar-refractivity contribution in [2.75, 3.05) is 25.0 Å².